The molecule has 1 N–H and O–H groups in total. The van der Waals surface area contributed by atoms with Crippen LogP contribution in [0, 0.1) is 0 Å². The number of hydrogen-bond donors (Lipinski definition) is 1. The van der Waals surface area contributed by atoms with Gasteiger partial charge in [0.25, 0.3) is 0 Å². The molecule has 8 heteroatoms. The number of fused-ring (bicyclic) bond motifs is 3. The van der Waals surface area contributed by atoms with E-state index in [1.165, 1.54) is 6.42 Å². The highest BCUT2D eigenvalue weighted by Crippen LogP contribution is 2.05. The van der Waals surface area contributed by atoms with E-state index >= 15 is 0 Å². The van der Waals surface area contributed by atoms with Gasteiger partial charge in [-0.05, 0) is 39.5 Å². The Bertz CT molecular complexity index is 402. The van der Waals surface area contributed by atoms with Gasteiger partial charge in [-0.1, -0.05) is 0 Å². The van der Waals surface area contributed by atoms with Crippen molar-refractivity contribution in [1.82, 2.24) is 19.6 Å². The fourth-order valence-corrected chi connectivity index (χ4v) is 3.20. The number of rotatable bonds is 2. The summed E-state index contributed by atoms with van der Waals surface area (Å²) in [5.74, 6) is -0.710. The molecule has 2 aliphatic heterocycles. The molecule has 0 aromatic carbocycles. The van der Waals surface area contributed by atoms with Gasteiger partial charge in [0.1, 0.15) is 0 Å². The van der Waals surface area contributed by atoms with Gasteiger partial charge in [-0.15, -0.1) is 0 Å². The van der Waals surface area contributed by atoms with Crippen molar-refractivity contribution in [3.05, 3.63) is 0 Å². The van der Waals surface area contributed by atoms with Crippen LogP contribution in [0.15, 0.2) is 0 Å². The lowest BCUT2D eigenvalue weighted by molar-refractivity contribution is -0.191. The lowest BCUT2D eigenvalue weighted by Gasteiger charge is -2.34. The van der Waals surface area contributed by atoms with Crippen molar-refractivity contribution >= 4 is 12.1 Å². The number of likely N-dealkylation sites (N-methyl/N-ethyl adjacent to an activating group) is 1. The van der Waals surface area contributed by atoms with Gasteiger partial charge >= 0.3 is 12.1 Å². The number of carboxylic acids is 1. The van der Waals surface area contributed by atoms with Crippen molar-refractivity contribution in [2.24, 2.45) is 0 Å². The van der Waals surface area contributed by atoms with Crippen LogP contribution in [-0.2, 0) is 14.4 Å². The molecule has 2 saturated heterocycles. The first-order valence-corrected chi connectivity index (χ1v) is 8.62. The van der Waals surface area contributed by atoms with Crippen molar-refractivity contribution in [2.75, 3.05) is 79.0 Å². The summed E-state index contributed by atoms with van der Waals surface area (Å²) < 4.78 is 0. The maximum atomic E-state index is 11.0. The van der Waals surface area contributed by atoms with Crippen LogP contribution in [0.4, 0.5) is 0 Å². The van der Waals surface area contributed by atoms with E-state index in [1.807, 2.05) is 0 Å². The Kier molecular flexibility index (Phi) is 10.5. The molecule has 8 nitrogen and oxygen atoms in total. The zero-order valence-corrected chi connectivity index (χ0v) is 14.7. The standard InChI is InChI=1S/C15H30N4O2.CO2/c1-16-4-2-5-18-11-10-17(9-8-16)6-3-7-19(13-12-18)14-15(20)21;2-1-3/h2-14H2,1H3,(H,20,21);. The minimum atomic E-state index is -0.710. The Balaban J connectivity index is 0.000000891. The third kappa shape index (κ3) is 9.10. The third-order valence-corrected chi connectivity index (χ3v) is 4.58. The molecule has 2 bridgehead atoms. The highest BCUT2D eigenvalue weighted by molar-refractivity contribution is 5.69. The summed E-state index contributed by atoms with van der Waals surface area (Å²) in [7, 11) is 2.21. The van der Waals surface area contributed by atoms with Crippen molar-refractivity contribution < 1.29 is 19.5 Å². The number of aliphatic carboxylic acids is 1. The Morgan fingerprint density at radius 3 is 1.92 bits per heavy atom. The first-order valence-electron chi connectivity index (χ1n) is 8.62. The number of carbonyl (C=O) groups is 1. The van der Waals surface area contributed by atoms with Gasteiger partial charge in [0.15, 0.2) is 0 Å². The molecule has 138 valence electrons. The smallest absolute Gasteiger partial charge is 0.373 e. The van der Waals surface area contributed by atoms with Crippen LogP contribution < -0.4 is 0 Å². The van der Waals surface area contributed by atoms with E-state index in [1.54, 1.807) is 0 Å². The first-order chi connectivity index (χ1) is 11.5. The molecule has 2 aliphatic rings. The molecule has 2 rings (SSSR count). The minimum absolute atomic E-state index is 0.177. The fraction of sp³-hybridized carbons (Fsp3) is 0.875. The predicted molar refractivity (Wildman–Crippen MR) is 88.7 cm³/mol. The van der Waals surface area contributed by atoms with Gasteiger partial charge in [-0.3, -0.25) is 9.69 Å². The van der Waals surface area contributed by atoms with Crippen molar-refractivity contribution in [3.8, 4) is 0 Å². The van der Waals surface area contributed by atoms with Crippen LogP contribution >= 0.6 is 0 Å². The van der Waals surface area contributed by atoms with Crippen molar-refractivity contribution in [2.45, 2.75) is 12.8 Å². The van der Waals surface area contributed by atoms with E-state index in [0.29, 0.717) is 0 Å². The van der Waals surface area contributed by atoms with E-state index in [4.69, 9.17) is 14.7 Å². The molecule has 0 radical (unpaired) electrons. The molecular formula is C16H30N4O4. The van der Waals surface area contributed by atoms with E-state index < -0.39 is 5.97 Å². The second-order valence-electron chi connectivity index (χ2n) is 6.45. The SMILES string of the molecule is CN1CCCN2CCN(CCCN(CC(=O)O)CC2)CC1.O=C=O. The average Bonchev–Trinajstić information content (AvgIpc) is 2.53. The third-order valence-electron chi connectivity index (χ3n) is 4.58. The monoisotopic (exact) mass is 342 g/mol. The molecule has 2 atom stereocenters. The first kappa shape index (κ1) is 20.7. The molecule has 2 fully saturated rings. The van der Waals surface area contributed by atoms with Crippen LogP contribution in [0.2, 0.25) is 0 Å². The summed E-state index contributed by atoms with van der Waals surface area (Å²) in [6.07, 6.45) is 2.52. The van der Waals surface area contributed by atoms with Gasteiger partial charge in [-0.25, -0.2) is 0 Å². The molecule has 0 saturated carbocycles. The van der Waals surface area contributed by atoms with Crippen LogP contribution in [-0.4, -0.2) is 116 Å². The quantitative estimate of drug-likeness (QED) is 0.694. The van der Waals surface area contributed by atoms with Gasteiger partial charge in [0.05, 0.1) is 6.54 Å². The molecule has 24 heavy (non-hydrogen) atoms. The van der Waals surface area contributed by atoms with Crippen LogP contribution in [0.25, 0.3) is 0 Å². The highest BCUT2D eigenvalue weighted by atomic mass is 16.4. The topological polar surface area (TPSA) is 84.4 Å². The largest absolute Gasteiger partial charge is 0.480 e. The lowest BCUT2D eigenvalue weighted by Crippen LogP contribution is -2.47. The van der Waals surface area contributed by atoms with Crippen LogP contribution in [0.5, 0.6) is 0 Å². The molecule has 0 aliphatic carbocycles. The summed E-state index contributed by atoms with van der Waals surface area (Å²) in [4.78, 5) is 36.8. The van der Waals surface area contributed by atoms with Crippen molar-refractivity contribution in [1.29, 1.82) is 0 Å². The Morgan fingerprint density at radius 2 is 1.33 bits per heavy atom. The molecule has 0 aromatic rings. The summed E-state index contributed by atoms with van der Waals surface area (Å²) in [6.45, 7) is 10.8. The molecule has 2 heterocycles. The zero-order chi connectivity index (χ0) is 17.8. The maximum Gasteiger partial charge on any atom is 0.373 e. The number of carboxylic acid groups (broad SMARTS) is 1. The molecule has 0 aromatic heterocycles. The van der Waals surface area contributed by atoms with Gasteiger partial charge < -0.3 is 19.8 Å². The van der Waals surface area contributed by atoms with E-state index in [-0.39, 0.29) is 12.7 Å². The lowest BCUT2D eigenvalue weighted by atomic mass is 10.2. The van der Waals surface area contributed by atoms with E-state index in [9.17, 15) is 4.79 Å². The normalized spacial score (nSPS) is 27.4. The molecule has 0 amide bonds. The number of carbonyl (C=O) groups excluding carboxylic acids is 2. The molecule has 0 spiro atoms. The van der Waals surface area contributed by atoms with Crippen LogP contribution in [0.3, 0.4) is 0 Å². The average molecular weight is 342 g/mol. The van der Waals surface area contributed by atoms with Gasteiger partial charge in [-0.2, -0.15) is 9.59 Å². The zero-order valence-electron chi connectivity index (χ0n) is 14.7. The second kappa shape index (κ2) is 12.1. The van der Waals surface area contributed by atoms with Crippen molar-refractivity contribution in [3.63, 3.8) is 0 Å². The Morgan fingerprint density at radius 1 is 0.833 bits per heavy atom. The summed E-state index contributed by atoms with van der Waals surface area (Å²) >= 11 is 0. The Labute approximate surface area is 144 Å². The fourth-order valence-electron chi connectivity index (χ4n) is 3.20. The minimum Gasteiger partial charge on any atom is -0.480 e. The predicted octanol–water partition coefficient (Wildman–Crippen LogP) is -0.867. The van der Waals surface area contributed by atoms with Gasteiger partial charge in [0.2, 0.25) is 0 Å². The van der Waals surface area contributed by atoms with Crippen LogP contribution in [0.1, 0.15) is 12.8 Å². The maximum absolute atomic E-state index is 11.0. The highest BCUT2D eigenvalue weighted by Gasteiger charge is 2.17. The van der Waals surface area contributed by atoms with E-state index in [0.717, 1.165) is 71.9 Å². The Hall–Kier alpha value is -1.31. The summed E-state index contributed by atoms with van der Waals surface area (Å²) in [5, 5.41) is 9.03. The summed E-state index contributed by atoms with van der Waals surface area (Å²) in [5.41, 5.74) is 0. The second-order valence-corrected chi connectivity index (χ2v) is 6.45. The number of nitrogens with zero attached hydrogens (tertiary/aromatic N) is 4. The molecule has 2 unspecified atom stereocenters. The van der Waals surface area contributed by atoms with Gasteiger partial charge in [0, 0.05) is 45.8 Å². The summed E-state index contributed by atoms with van der Waals surface area (Å²) in [6, 6.07) is 0. The number of hydrogen-bond acceptors (Lipinski definition) is 7. The van der Waals surface area contributed by atoms with E-state index in [2.05, 4.69) is 26.6 Å². The molecular weight excluding hydrogens is 312 g/mol.